The van der Waals surface area contributed by atoms with Gasteiger partial charge < -0.3 is 4.74 Å². The fraction of sp³-hybridized carbons (Fsp3) is 0.393. The Morgan fingerprint density at radius 2 is 1.73 bits per heavy atom. The van der Waals surface area contributed by atoms with Gasteiger partial charge >= 0.3 is 11.9 Å². The van der Waals surface area contributed by atoms with Gasteiger partial charge in [-0.15, -0.1) is 0 Å². The number of amides is 2. The molecule has 2 amide bonds. The SMILES string of the molecule is O=C1/C(=C\c2ccccc2Oc2ccc(C(F)(F)F)cc2[N+](=O)[O-])SC(=S)N1NC(=O)C12CC3CC(CC(C3)C1)C2. The van der Waals surface area contributed by atoms with Crippen LogP contribution in [0.25, 0.3) is 6.08 Å². The molecule has 0 aromatic heterocycles. The van der Waals surface area contributed by atoms with Gasteiger partial charge in [0, 0.05) is 11.6 Å². The monoisotopic (exact) mass is 603 g/mol. The van der Waals surface area contributed by atoms with Gasteiger partial charge in [0.2, 0.25) is 11.7 Å². The number of alkyl halides is 3. The molecule has 2 aromatic carbocycles. The molecule has 2 aromatic rings. The van der Waals surface area contributed by atoms with Crippen molar-refractivity contribution in [2.75, 3.05) is 0 Å². The van der Waals surface area contributed by atoms with Gasteiger partial charge in [-0.05, 0) is 92.8 Å². The van der Waals surface area contributed by atoms with Gasteiger partial charge in [-0.25, -0.2) is 0 Å². The molecular formula is C28H24F3N3O5S2. The molecular weight excluding hydrogens is 579 g/mol. The summed E-state index contributed by atoms with van der Waals surface area (Å²) in [6.07, 6.45) is 2.72. The smallest absolute Gasteiger partial charge is 0.416 e. The van der Waals surface area contributed by atoms with Crippen molar-refractivity contribution in [2.45, 2.75) is 44.7 Å². The van der Waals surface area contributed by atoms with Crippen LogP contribution in [0.4, 0.5) is 18.9 Å². The summed E-state index contributed by atoms with van der Waals surface area (Å²) in [5, 5.41) is 12.6. The molecule has 0 unspecified atom stereocenters. The van der Waals surface area contributed by atoms with Crippen LogP contribution in [0.2, 0.25) is 0 Å². The Bertz CT molecular complexity index is 1470. The van der Waals surface area contributed by atoms with E-state index in [1.54, 1.807) is 18.2 Å². The number of halogens is 3. The molecule has 0 atom stereocenters. The Morgan fingerprint density at radius 1 is 1.10 bits per heavy atom. The highest BCUT2D eigenvalue weighted by molar-refractivity contribution is 8.26. The number of hydrazine groups is 1. The maximum atomic E-state index is 13.5. The van der Waals surface area contributed by atoms with E-state index in [2.05, 4.69) is 5.43 Å². The number of hydrogen-bond donors (Lipinski definition) is 1. The van der Waals surface area contributed by atoms with Crippen LogP contribution in [0.1, 0.15) is 49.7 Å². The predicted octanol–water partition coefficient (Wildman–Crippen LogP) is 6.85. The Hall–Kier alpha value is -3.45. The number of thiocarbonyl (C=S) groups is 1. The third-order valence-corrected chi connectivity index (χ3v) is 9.74. The molecule has 214 valence electrons. The number of nitrogens with zero attached hydrogens (tertiary/aromatic N) is 2. The Balaban J connectivity index is 1.22. The summed E-state index contributed by atoms with van der Waals surface area (Å²) < 4.78 is 45.1. The molecule has 7 rings (SSSR count). The number of carbonyl (C=O) groups excluding carboxylic acids is 2. The molecule has 1 N–H and O–H groups in total. The molecule has 4 bridgehead atoms. The number of ether oxygens (including phenoxy) is 1. The third-order valence-electron chi connectivity index (χ3n) is 8.44. The highest BCUT2D eigenvalue weighted by Gasteiger charge is 2.55. The number of nitro benzene ring substituents is 1. The maximum absolute atomic E-state index is 13.5. The number of nitro groups is 1. The van der Waals surface area contributed by atoms with E-state index < -0.39 is 33.7 Å². The minimum absolute atomic E-state index is 0.0817. The summed E-state index contributed by atoms with van der Waals surface area (Å²) in [7, 11) is 0. The first kappa shape index (κ1) is 27.7. The van der Waals surface area contributed by atoms with Crippen molar-refractivity contribution in [1.82, 2.24) is 10.4 Å². The lowest BCUT2D eigenvalue weighted by atomic mass is 9.49. The van der Waals surface area contributed by atoms with Gasteiger partial charge in [-0.1, -0.05) is 30.0 Å². The van der Waals surface area contributed by atoms with E-state index in [0.717, 1.165) is 42.1 Å². The minimum Gasteiger partial charge on any atom is -0.449 e. The summed E-state index contributed by atoms with van der Waals surface area (Å²) >= 11 is 6.40. The standard InChI is InChI=1S/C28H24F3N3O5S2/c29-28(30,31)19-5-6-22(20(11-19)34(37)38)39-21-4-2-1-3-18(21)10-23-24(35)33(26(40)41-23)32-25(36)27-12-15-7-16(13-27)9-17(8-15)14-27/h1-6,10-11,15-17H,7-9,12-14H2,(H,32,36)/b23-10+. The lowest BCUT2D eigenvalue weighted by molar-refractivity contribution is -0.385. The van der Waals surface area contributed by atoms with Crippen LogP contribution in [-0.4, -0.2) is 26.1 Å². The van der Waals surface area contributed by atoms with E-state index >= 15 is 0 Å². The first-order valence-electron chi connectivity index (χ1n) is 13.1. The zero-order valence-corrected chi connectivity index (χ0v) is 23.1. The molecule has 8 nitrogen and oxygen atoms in total. The second-order valence-electron chi connectivity index (χ2n) is 11.2. The van der Waals surface area contributed by atoms with E-state index in [0.29, 0.717) is 35.4 Å². The summed E-state index contributed by atoms with van der Waals surface area (Å²) in [4.78, 5) is 37.6. The van der Waals surface area contributed by atoms with Crippen molar-refractivity contribution in [3.05, 3.63) is 68.6 Å². The van der Waals surface area contributed by atoms with Crippen LogP contribution < -0.4 is 10.2 Å². The molecule has 1 saturated heterocycles. The fourth-order valence-electron chi connectivity index (χ4n) is 7.05. The molecule has 0 spiro atoms. The van der Waals surface area contributed by atoms with Gasteiger partial charge in [-0.3, -0.25) is 25.1 Å². The average Bonchev–Trinajstić information content (AvgIpc) is 3.15. The van der Waals surface area contributed by atoms with Crippen molar-refractivity contribution in [3.8, 4) is 11.5 Å². The van der Waals surface area contributed by atoms with E-state index in [9.17, 15) is 32.9 Å². The minimum atomic E-state index is -4.76. The number of carbonyl (C=O) groups is 2. The number of rotatable bonds is 6. The summed E-state index contributed by atoms with van der Waals surface area (Å²) in [6, 6.07) is 8.29. The first-order chi connectivity index (χ1) is 19.4. The molecule has 13 heteroatoms. The highest BCUT2D eigenvalue weighted by Crippen LogP contribution is 2.60. The zero-order chi connectivity index (χ0) is 29.1. The largest absolute Gasteiger partial charge is 0.449 e. The molecule has 5 aliphatic rings. The zero-order valence-electron chi connectivity index (χ0n) is 21.5. The van der Waals surface area contributed by atoms with Gasteiger partial charge in [0.25, 0.3) is 5.91 Å². The lowest BCUT2D eigenvalue weighted by Gasteiger charge is -2.55. The quantitative estimate of drug-likeness (QED) is 0.167. The average molecular weight is 604 g/mol. The first-order valence-corrected chi connectivity index (χ1v) is 14.4. The Morgan fingerprint density at radius 3 is 2.34 bits per heavy atom. The van der Waals surface area contributed by atoms with Crippen LogP contribution in [-0.2, 0) is 15.8 Å². The Kier molecular flexibility index (Phi) is 6.84. The maximum Gasteiger partial charge on any atom is 0.416 e. The van der Waals surface area contributed by atoms with E-state index in [1.807, 2.05) is 0 Å². The Labute approximate surface area is 242 Å². The second-order valence-corrected chi connectivity index (χ2v) is 12.9. The lowest BCUT2D eigenvalue weighted by Crippen LogP contribution is -2.57. The number of benzene rings is 2. The number of para-hydroxylation sites is 1. The fourth-order valence-corrected chi connectivity index (χ4v) is 8.22. The normalized spacial score (nSPS) is 27.9. The molecule has 0 radical (unpaired) electrons. The number of nitrogens with one attached hydrogen (secondary N) is 1. The molecule has 4 saturated carbocycles. The summed E-state index contributed by atoms with van der Waals surface area (Å²) in [5.74, 6) is 0.651. The topological polar surface area (TPSA) is 102 Å². The van der Waals surface area contributed by atoms with Gasteiger partial charge in [-0.2, -0.15) is 18.2 Å². The van der Waals surface area contributed by atoms with Crippen molar-refractivity contribution in [2.24, 2.45) is 23.2 Å². The predicted molar refractivity (Wildman–Crippen MR) is 148 cm³/mol. The molecule has 5 fully saturated rings. The van der Waals surface area contributed by atoms with E-state index in [-0.39, 0.29) is 26.6 Å². The summed E-state index contributed by atoms with van der Waals surface area (Å²) in [5.41, 5.74) is 0.625. The number of thioether (sulfide) groups is 1. The molecule has 4 aliphatic carbocycles. The molecule has 41 heavy (non-hydrogen) atoms. The van der Waals surface area contributed by atoms with E-state index in [1.165, 1.54) is 31.4 Å². The number of hydrogen-bond acceptors (Lipinski definition) is 7. The summed E-state index contributed by atoms with van der Waals surface area (Å²) in [6.45, 7) is 0. The molecule has 1 heterocycles. The van der Waals surface area contributed by atoms with Crippen LogP contribution in [0.3, 0.4) is 0 Å². The third kappa shape index (κ3) is 5.21. The van der Waals surface area contributed by atoms with Crippen LogP contribution >= 0.6 is 24.0 Å². The van der Waals surface area contributed by atoms with Gasteiger partial charge in [0.15, 0.2) is 4.32 Å². The van der Waals surface area contributed by atoms with Crippen LogP contribution in [0, 0.1) is 33.3 Å². The van der Waals surface area contributed by atoms with Gasteiger partial charge in [0.1, 0.15) is 5.75 Å². The van der Waals surface area contributed by atoms with Gasteiger partial charge in [0.05, 0.1) is 20.8 Å². The van der Waals surface area contributed by atoms with Crippen molar-refractivity contribution >= 4 is 51.9 Å². The molecule has 1 aliphatic heterocycles. The van der Waals surface area contributed by atoms with Crippen LogP contribution in [0.15, 0.2) is 47.4 Å². The second kappa shape index (κ2) is 10.1. The van der Waals surface area contributed by atoms with Crippen molar-refractivity contribution < 1.29 is 32.4 Å². The van der Waals surface area contributed by atoms with Crippen molar-refractivity contribution in [1.29, 1.82) is 0 Å². The van der Waals surface area contributed by atoms with E-state index in [4.69, 9.17) is 17.0 Å². The highest BCUT2D eigenvalue weighted by atomic mass is 32.2. The van der Waals surface area contributed by atoms with Crippen LogP contribution in [0.5, 0.6) is 11.5 Å². The van der Waals surface area contributed by atoms with Crippen molar-refractivity contribution in [3.63, 3.8) is 0 Å².